The maximum absolute atomic E-state index is 6.04. The Labute approximate surface area is 120 Å². The van der Waals surface area contributed by atoms with E-state index in [-0.39, 0.29) is 6.04 Å². The van der Waals surface area contributed by atoms with Crippen LogP contribution in [0.3, 0.4) is 0 Å². The van der Waals surface area contributed by atoms with E-state index in [0.29, 0.717) is 11.3 Å². The Morgan fingerprint density at radius 2 is 2.16 bits per heavy atom. The number of benzene rings is 1. The van der Waals surface area contributed by atoms with Crippen LogP contribution in [0.1, 0.15) is 25.5 Å². The number of thioether (sulfide) groups is 1. The molecule has 1 aromatic rings. The number of nitrogens with zero attached hydrogens (tertiary/aromatic N) is 1. The Kier molecular flexibility index (Phi) is 4.76. The zero-order valence-corrected chi connectivity index (χ0v) is 12.9. The van der Waals surface area contributed by atoms with Crippen LogP contribution in [0, 0.1) is 0 Å². The first-order chi connectivity index (χ1) is 9.07. The second-order valence-corrected chi connectivity index (χ2v) is 7.37. The van der Waals surface area contributed by atoms with E-state index < -0.39 is 0 Å². The molecule has 0 aliphatic carbocycles. The van der Waals surface area contributed by atoms with Crippen molar-refractivity contribution < 1.29 is 4.74 Å². The van der Waals surface area contributed by atoms with Gasteiger partial charge in [0.25, 0.3) is 0 Å². The molecule has 0 aromatic heterocycles. The summed E-state index contributed by atoms with van der Waals surface area (Å²) in [5, 5.41) is 0. The van der Waals surface area contributed by atoms with E-state index in [9.17, 15) is 0 Å². The largest absolute Gasteiger partial charge is 0.496 e. The fraction of sp³-hybridized carbons (Fsp3) is 0.600. The Bertz CT molecular complexity index is 422. The fourth-order valence-electron chi connectivity index (χ4n) is 2.73. The lowest BCUT2D eigenvalue weighted by Crippen LogP contribution is -2.46. The van der Waals surface area contributed by atoms with Gasteiger partial charge in [0.2, 0.25) is 0 Å². The molecule has 19 heavy (non-hydrogen) atoms. The third-order valence-electron chi connectivity index (χ3n) is 3.62. The molecule has 1 unspecified atom stereocenters. The lowest BCUT2D eigenvalue weighted by atomic mass is 10.0. The van der Waals surface area contributed by atoms with Crippen molar-refractivity contribution in [2.24, 2.45) is 5.73 Å². The molecule has 106 valence electrons. The summed E-state index contributed by atoms with van der Waals surface area (Å²) in [5.74, 6) is 2.10. The summed E-state index contributed by atoms with van der Waals surface area (Å²) in [5.41, 5.74) is 7.25. The van der Waals surface area contributed by atoms with Crippen molar-refractivity contribution in [2.45, 2.75) is 24.6 Å². The summed E-state index contributed by atoms with van der Waals surface area (Å²) in [7, 11) is 1.72. The molecule has 2 N–H and O–H groups in total. The number of methoxy groups -OCH3 is 1. The van der Waals surface area contributed by atoms with E-state index >= 15 is 0 Å². The van der Waals surface area contributed by atoms with Crippen molar-refractivity contribution in [3.8, 4) is 5.75 Å². The van der Waals surface area contributed by atoms with Crippen LogP contribution in [-0.2, 0) is 0 Å². The molecule has 1 fully saturated rings. The molecule has 4 heteroatoms. The first-order valence-electron chi connectivity index (χ1n) is 6.78. The van der Waals surface area contributed by atoms with Crippen molar-refractivity contribution in [3.63, 3.8) is 0 Å². The Balaban J connectivity index is 2.24. The zero-order valence-electron chi connectivity index (χ0n) is 12.1. The highest BCUT2D eigenvalue weighted by atomic mass is 32.2. The summed E-state index contributed by atoms with van der Waals surface area (Å²) in [4.78, 5) is 2.49. The third-order valence-corrected chi connectivity index (χ3v) is 4.91. The molecular formula is C15H24N2OS. The van der Waals surface area contributed by atoms with Crippen molar-refractivity contribution >= 4 is 11.8 Å². The molecule has 1 heterocycles. The van der Waals surface area contributed by atoms with Crippen molar-refractivity contribution in [1.82, 2.24) is 4.90 Å². The molecular weight excluding hydrogens is 256 g/mol. The predicted octanol–water partition coefficient (Wildman–Crippen LogP) is 2.52. The van der Waals surface area contributed by atoms with Crippen LogP contribution >= 0.6 is 11.8 Å². The number of hydrogen-bond acceptors (Lipinski definition) is 4. The van der Waals surface area contributed by atoms with Crippen LogP contribution in [0.2, 0.25) is 0 Å². The summed E-state index contributed by atoms with van der Waals surface area (Å²) >= 11 is 2.04. The number of ether oxygens (including phenoxy) is 1. The molecule has 1 aliphatic rings. The minimum atomic E-state index is 0.247. The van der Waals surface area contributed by atoms with E-state index in [1.165, 1.54) is 11.3 Å². The summed E-state index contributed by atoms with van der Waals surface area (Å²) in [6.45, 7) is 7.39. The van der Waals surface area contributed by atoms with Gasteiger partial charge < -0.3 is 10.5 Å². The van der Waals surface area contributed by atoms with E-state index in [4.69, 9.17) is 10.5 Å². The quantitative estimate of drug-likeness (QED) is 0.920. The molecule has 0 bridgehead atoms. The smallest absolute Gasteiger partial charge is 0.123 e. The lowest BCUT2D eigenvalue weighted by Gasteiger charge is -2.42. The van der Waals surface area contributed by atoms with Crippen molar-refractivity contribution in [1.29, 1.82) is 0 Å². The van der Waals surface area contributed by atoms with Gasteiger partial charge in [-0.05, 0) is 19.9 Å². The molecule has 0 amide bonds. The van der Waals surface area contributed by atoms with Gasteiger partial charge >= 0.3 is 0 Å². The molecule has 0 saturated carbocycles. The van der Waals surface area contributed by atoms with Crippen LogP contribution in [0.15, 0.2) is 24.3 Å². The first kappa shape index (κ1) is 14.7. The van der Waals surface area contributed by atoms with E-state index in [2.05, 4.69) is 30.9 Å². The highest BCUT2D eigenvalue weighted by molar-refractivity contribution is 8.00. The number of rotatable bonds is 4. The highest BCUT2D eigenvalue weighted by Crippen LogP contribution is 2.36. The minimum Gasteiger partial charge on any atom is -0.496 e. The van der Waals surface area contributed by atoms with Crippen LogP contribution < -0.4 is 10.5 Å². The monoisotopic (exact) mass is 280 g/mol. The topological polar surface area (TPSA) is 38.5 Å². The lowest BCUT2D eigenvalue weighted by molar-refractivity contribution is 0.189. The molecule has 0 radical (unpaired) electrons. The molecule has 1 aromatic carbocycles. The van der Waals surface area contributed by atoms with Gasteiger partial charge in [0.1, 0.15) is 5.75 Å². The molecule has 1 aliphatic heterocycles. The summed E-state index contributed by atoms with van der Waals surface area (Å²) in [6, 6.07) is 8.46. The standard InChI is InChI=1S/C15H24N2OS/c1-15(2)11-17(8-9-19-15)13(10-16)12-6-4-5-7-14(12)18-3/h4-7,13H,8-11,16H2,1-3H3. The van der Waals surface area contributed by atoms with Gasteiger partial charge in [-0.15, -0.1) is 0 Å². The second kappa shape index (κ2) is 6.16. The number of para-hydroxylation sites is 1. The van der Waals surface area contributed by atoms with Crippen LogP contribution in [-0.4, -0.2) is 42.1 Å². The van der Waals surface area contributed by atoms with Crippen LogP contribution in [0.5, 0.6) is 5.75 Å². The third kappa shape index (κ3) is 3.44. The van der Waals surface area contributed by atoms with E-state index in [0.717, 1.165) is 18.8 Å². The number of hydrogen-bond donors (Lipinski definition) is 1. The molecule has 1 atom stereocenters. The average molecular weight is 280 g/mol. The Hall–Kier alpha value is -0.710. The SMILES string of the molecule is COc1ccccc1C(CN)N1CCSC(C)(C)C1. The summed E-state index contributed by atoms with van der Waals surface area (Å²) < 4.78 is 5.78. The van der Waals surface area contributed by atoms with Gasteiger partial charge in [0, 0.05) is 35.7 Å². The van der Waals surface area contributed by atoms with Crippen molar-refractivity contribution in [3.05, 3.63) is 29.8 Å². The van der Waals surface area contributed by atoms with Gasteiger partial charge in [0.05, 0.1) is 13.2 Å². The zero-order chi connectivity index (χ0) is 13.9. The minimum absolute atomic E-state index is 0.247. The van der Waals surface area contributed by atoms with Crippen LogP contribution in [0.4, 0.5) is 0 Å². The molecule has 1 saturated heterocycles. The van der Waals surface area contributed by atoms with Gasteiger partial charge in [-0.1, -0.05) is 18.2 Å². The average Bonchev–Trinajstić information content (AvgIpc) is 2.39. The van der Waals surface area contributed by atoms with E-state index in [1.807, 2.05) is 23.9 Å². The number of nitrogens with two attached hydrogens (primary N) is 1. The second-order valence-electron chi connectivity index (χ2n) is 5.57. The first-order valence-corrected chi connectivity index (χ1v) is 7.77. The normalized spacial score (nSPS) is 21.1. The van der Waals surface area contributed by atoms with E-state index in [1.54, 1.807) is 7.11 Å². The highest BCUT2D eigenvalue weighted by Gasteiger charge is 2.32. The Morgan fingerprint density at radius 3 is 2.79 bits per heavy atom. The molecule has 0 spiro atoms. The van der Waals surface area contributed by atoms with Gasteiger partial charge in [-0.25, -0.2) is 0 Å². The van der Waals surface area contributed by atoms with Gasteiger partial charge in [0.15, 0.2) is 0 Å². The Morgan fingerprint density at radius 1 is 1.42 bits per heavy atom. The fourth-order valence-corrected chi connectivity index (χ4v) is 3.87. The molecule has 3 nitrogen and oxygen atoms in total. The molecule has 2 rings (SSSR count). The summed E-state index contributed by atoms with van der Waals surface area (Å²) in [6.07, 6.45) is 0. The van der Waals surface area contributed by atoms with Crippen molar-refractivity contribution in [2.75, 3.05) is 32.5 Å². The van der Waals surface area contributed by atoms with Gasteiger partial charge in [-0.3, -0.25) is 4.90 Å². The maximum Gasteiger partial charge on any atom is 0.123 e. The maximum atomic E-state index is 6.04. The predicted molar refractivity (Wildman–Crippen MR) is 82.9 cm³/mol. The van der Waals surface area contributed by atoms with Gasteiger partial charge in [-0.2, -0.15) is 11.8 Å². The van der Waals surface area contributed by atoms with Crippen LogP contribution in [0.25, 0.3) is 0 Å².